The molecule has 1 aromatic rings. The van der Waals surface area contributed by atoms with Gasteiger partial charge < -0.3 is 14.8 Å². The van der Waals surface area contributed by atoms with Crippen LogP contribution in [0.3, 0.4) is 0 Å². The molecular formula is C12H19N5O3. The Kier molecular flexibility index (Phi) is 4.44. The summed E-state index contributed by atoms with van der Waals surface area (Å²) >= 11 is 0. The maximum Gasteiger partial charge on any atom is 0.412 e. The molecule has 1 amide bonds. The SMILES string of the molecule is CCOC(=O)Nc1cc(N2CCCCC2)nc(=N)n1O. The number of amides is 1. The second-order valence-corrected chi connectivity index (χ2v) is 4.53. The number of rotatable bonds is 3. The Bertz CT molecular complexity index is 536. The van der Waals surface area contributed by atoms with Gasteiger partial charge in [-0.15, -0.1) is 4.73 Å². The molecule has 0 unspecified atom stereocenters. The van der Waals surface area contributed by atoms with Gasteiger partial charge in [0.2, 0.25) is 0 Å². The fraction of sp³-hybridized carbons (Fsp3) is 0.583. The molecular weight excluding hydrogens is 262 g/mol. The van der Waals surface area contributed by atoms with E-state index in [1.54, 1.807) is 13.0 Å². The molecule has 8 heteroatoms. The quantitative estimate of drug-likeness (QED) is 0.721. The van der Waals surface area contributed by atoms with E-state index in [2.05, 4.69) is 10.3 Å². The molecule has 0 aliphatic carbocycles. The molecule has 1 aliphatic heterocycles. The fourth-order valence-electron chi connectivity index (χ4n) is 2.13. The van der Waals surface area contributed by atoms with Gasteiger partial charge in [-0.05, 0) is 26.2 Å². The normalized spacial score (nSPS) is 14.9. The van der Waals surface area contributed by atoms with Crippen LogP contribution in [-0.4, -0.2) is 40.7 Å². The van der Waals surface area contributed by atoms with Crippen LogP contribution >= 0.6 is 0 Å². The smallest absolute Gasteiger partial charge is 0.412 e. The monoisotopic (exact) mass is 281 g/mol. The van der Waals surface area contributed by atoms with E-state index in [-0.39, 0.29) is 18.0 Å². The van der Waals surface area contributed by atoms with Crippen LogP contribution in [0.15, 0.2) is 6.07 Å². The first-order valence-corrected chi connectivity index (χ1v) is 6.68. The summed E-state index contributed by atoms with van der Waals surface area (Å²) in [5.41, 5.74) is -0.333. The topological polar surface area (TPSA) is 103 Å². The van der Waals surface area contributed by atoms with Crippen molar-refractivity contribution in [3.63, 3.8) is 0 Å². The van der Waals surface area contributed by atoms with Crippen LogP contribution in [0.4, 0.5) is 16.4 Å². The Morgan fingerprint density at radius 2 is 2.20 bits per heavy atom. The number of nitrogens with one attached hydrogen (secondary N) is 2. The minimum absolute atomic E-state index is 0.0732. The molecule has 1 fully saturated rings. The number of ether oxygens (including phenoxy) is 1. The highest BCUT2D eigenvalue weighted by Crippen LogP contribution is 2.19. The van der Waals surface area contributed by atoms with Gasteiger partial charge in [-0.25, -0.2) is 4.79 Å². The minimum atomic E-state index is -0.675. The third-order valence-electron chi connectivity index (χ3n) is 3.10. The lowest BCUT2D eigenvalue weighted by molar-refractivity contribution is 0.158. The van der Waals surface area contributed by atoms with Gasteiger partial charge in [-0.2, -0.15) is 4.98 Å². The summed E-state index contributed by atoms with van der Waals surface area (Å²) in [6.07, 6.45) is 2.66. The third-order valence-corrected chi connectivity index (χ3v) is 3.10. The van der Waals surface area contributed by atoms with Crippen molar-refractivity contribution in [3.05, 3.63) is 11.7 Å². The van der Waals surface area contributed by atoms with E-state index >= 15 is 0 Å². The molecule has 0 radical (unpaired) electrons. The lowest BCUT2D eigenvalue weighted by Gasteiger charge is -2.28. The van der Waals surface area contributed by atoms with Crippen molar-refractivity contribution in [1.82, 2.24) is 9.71 Å². The highest BCUT2D eigenvalue weighted by molar-refractivity contribution is 5.83. The van der Waals surface area contributed by atoms with E-state index in [4.69, 9.17) is 10.1 Å². The summed E-state index contributed by atoms with van der Waals surface area (Å²) < 4.78 is 5.27. The average molecular weight is 281 g/mol. The number of anilines is 2. The number of aromatic nitrogens is 2. The standard InChI is InChI=1S/C12H19N5O3/c1-2-20-12(18)15-10-8-9(14-11(13)17(10)19)16-6-4-3-5-7-16/h8,13,19H,2-7H2,1H3,(H,15,18). The molecule has 0 bridgehead atoms. The van der Waals surface area contributed by atoms with Crippen molar-refractivity contribution in [1.29, 1.82) is 5.41 Å². The summed E-state index contributed by atoms with van der Waals surface area (Å²) in [6.45, 7) is 3.64. The van der Waals surface area contributed by atoms with Gasteiger partial charge in [0.25, 0.3) is 5.62 Å². The molecule has 1 aliphatic rings. The van der Waals surface area contributed by atoms with E-state index in [0.29, 0.717) is 10.5 Å². The average Bonchev–Trinajstić information content (AvgIpc) is 2.45. The predicted octanol–water partition coefficient (Wildman–Crippen LogP) is 1.16. The Morgan fingerprint density at radius 1 is 1.50 bits per heavy atom. The van der Waals surface area contributed by atoms with Gasteiger partial charge in [0, 0.05) is 19.2 Å². The van der Waals surface area contributed by atoms with E-state index in [1.165, 1.54) is 6.42 Å². The molecule has 110 valence electrons. The van der Waals surface area contributed by atoms with Gasteiger partial charge in [-0.3, -0.25) is 10.7 Å². The van der Waals surface area contributed by atoms with Crippen molar-refractivity contribution in [2.45, 2.75) is 26.2 Å². The largest absolute Gasteiger partial charge is 0.450 e. The minimum Gasteiger partial charge on any atom is -0.450 e. The summed E-state index contributed by atoms with van der Waals surface area (Å²) in [5, 5.41) is 19.8. The fourth-order valence-corrected chi connectivity index (χ4v) is 2.13. The van der Waals surface area contributed by atoms with Crippen LogP contribution in [0.2, 0.25) is 0 Å². The molecule has 2 rings (SSSR count). The Hall–Kier alpha value is -2.25. The first kappa shape index (κ1) is 14.2. The molecule has 1 aromatic heterocycles. The van der Waals surface area contributed by atoms with Crippen LogP contribution in [0.5, 0.6) is 0 Å². The number of hydrogen-bond donors (Lipinski definition) is 3. The van der Waals surface area contributed by atoms with E-state index in [0.717, 1.165) is 25.9 Å². The van der Waals surface area contributed by atoms with Gasteiger partial charge in [0.1, 0.15) is 5.82 Å². The number of carbonyl (C=O) groups is 1. The maximum absolute atomic E-state index is 11.4. The zero-order valence-electron chi connectivity index (χ0n) is 11.4. The number of nitrogens with zero attached hydrogens (tertiary/aromatic N) is 3. The van der Waals surface area contributed by atoms with E-state index < -0.39 is 6.09 Å². The maximum atomic E-state index is 11.4. The molecule has 0 saturated carbocycles. The summed E-state index contributed by atoms with van der Waals surface area (Å²) in [6, 6.07) is 1.54. The van der Waals surface area contributed by atoms with Crippen LogP contribution in [-0.2, 0) is 4.74 Å². The lowest BCUT2D eigenvalue weighted by atomic mass is 10.1. The van der Waals surface area contributed by atoms with Crippen LogP contribution < -0.4 is 15.8 Å². The molecule has 8 nitrogen and oxygen atoms in total. The van der Waals surface area contributed by atoms with Gasteiger partial charge in [-0.1, -0.05) is 0 Å². The van der Waals surface area contributed by atoms with Gasteiger partial charge in [0.05, 0.1) is 6.61 Å². The molecule has 0 atom stereocenters. The Balaban J connectivity index is 2.24. The molecule has 20 heavy (non-hydrogen) atoms. The highest BCUT2D eigenvalue weighted by atomic mass is 16.5. The van der Waals surface area contributed by atoms with E-state index in [9.17, 15) is 10.0 Å². The summed E-state index contributed by atoms with van der Waals surface area (Å²) in [5.74, 6) is 0.649. The lowest BCUT2D eigenvalue weighted by Crippen LogP contribution is -2.34. The number of hydrogen-bond acceptors (Lipinski definition) is 6. The second-order valence-electron chi connectivity index (χ2n) is 4.53. The van der Waals surface area contributed by atoms with Crippen molar-refractivity contribution >= 4 is 17.7 Å². The van der Waals surface area contributed by atoms with Gasteiger partial charge >= 0.3 is 6.09 Å². The zero-order chi connectivity index (χ0) is 14.5. The number of piperidine rings is 1. The second kappa shape index (κ2) is 6.27. The molecule has 2 heterocycles. The number of carbonyl (C=O) groups excluding carboxylic acids is 1. The van der Waals surface area contributed by atoms with Crippen molar-refractivity contribution < 1.29 is 14.7 Å². The van der Waals surface area contributed by atoms with Crippen LogP contribution in [0.25, 0.3) is 0 Å². The first-order valence-electron chi connectivity index (χ1n) is 6.68. The molecule has 0 spiro atoms. The van der Waals surface area contributed by atoms with Crippen LogP contribution in [0, 0.1) is 5.41 Å². The van der Waals surface area contributed by atoms with E-state index in [1.807, 2.05) is 4.90 Å². The predicted molar refractivity (Wildman–Crippen MR) is 72.0 cm³/mol. The Labute approximate surface area is 116 Å². The van der Waals surface area contributed by atoms with Crippen molar-refractivity contribution in [3.8, 4) is 0 Å². The molecule has 3 N–H and O–H groups in total. The zero-order valence-corrected chi connectivity index (χ0v) is 11.4. The molecule has 0 aromatic carbocycles. The molecule has 1 saturated heterocycles. The summed E-state index contributed by atoms with van der Waals surface area (Å²) in [4.78, 5) is 17.5. The third kappa shape index (κ3) is 3.19. The van der Waals surface area contributed by atoms with Crippen molar-refractivity contribution in [2.75, 3.05) is 29.9 Å². The summed E-state index contributed by atoms with van der Waals surface area (Å²) in [7, 11) is 0. The van der Waals surface area contributed by atoms with Gasteiger partial charge in [0.15, 0.2) is 5.82 Å². The highest BCUT2D eigenvalue weighted by Gasteiger charge is 2.16. The first-order chi connectivity index (χ1) is 9.61. The Morgan fingerprint density at radius 3 is 2.85 bits per heavy atom. The van der Waals surface area contributed by atoms with Crippen LogP contribution in [0.1, 0.15) is 26.2 Å². The van der Waals surface area contributed by atoms with Crippen molar-refractivity contribution in [2.24, 2.45) is 0 Å².